The predicted molar refractivity (Wildman–Crippen MR) is 252 cm³/mol. The van der Waals surface area contributed by atoms with E-state index >= 15 is 0 Å². The van der Waals surface area contributed by atoms with Crippen LogP contribution in [0.15, 0.2) is 24.3 Å². The number of hydrogen-bond donors (Lipinski definition) is 0. The first-order chi connectivity index (χ1) is 29.0. The molecule has 0 bridgehead atoms. The number of hydrogen-bond acceptors (Lipinski definition) is 6. The zero-order chi connectivity index (χ0) is 43.0. The minimum Gasteiger partial charge on any atom is -0.462 e. The van der Waals surface area contributed by atoms with Crippen LogP contribution < -0.4 is 0 Å². The van der Waals surface area contributed by atoms with Crippen LogP contribution >= 0.6 is 0 Å². The van der Waals surface area contributed by atoms with E-state index in [0.29, 0.717) is 19.3 Å². The molecule has 0 aromatic carbocycles. The Morgan fingerprint density at radius 3 is 0.864 bits per heavy atom. The second-order valence-electron chi connectivity index (χ2n) is 17.4. The topological polar surface area (TPSA) is 78.9 Å². The molecule has 0 aliphatic heterocycles. The van der Waals surface area contributed by atoms with Crippen LogP contribution in [-0.2, 0) is 28.6 Å². The molecule has 0 spiro atoms. The quantitative estimate of drug-likeness (QED) is 0.0263. The van der Waals surface area contributed by atoms with Crippen LogP contribution in [0.5, 0.6) is 0 Å². The molecule has 0 fully saturated rings. The number of unbranched alkanes of at least 4 members (excludes halogenated alkanes) is 32. The van der Waals surface area contributed by atoms with E-state index in [4.69, 9.17) is 14.2 Å². The molecule has 346 valence electrons. The molecule has 0 heterocycles. The van der Waals surface area contributed by atoms with E-state index in [0.717, 1.165) is 70.6 Å². The lowest BCUT2D eigenvalue weighted by atomic mass is 10.0. The van der Waals surface area contributed by atoms with Gasteiger partial charge in [-0.25, -0.2) is 0 Å². The molecular formula is C53H98O6. The van der Waals surface area contributed by atoms with Gasteiger partial charge in [-0.05, 0) is 70.6 Å². The first-order valence-electron chi connectivity index (χ1n) is 25.8. The minimum atomic E-state index is -0.773. The number of ether oxygens (including phenoxy) is 3. The summed E-state index contributed by atoms with van der Waals surface area (Å²) in [5, 5.41) is 0. The van der Waals surface area contributed by atoms with E-state index < -0.39 is 6.10 Å². The van der Waals surface area contributed by atoms with E-state index in [9.17, 15) is 14.4 Å². The average Bonchev–Trinajstić information content (AvgIpc) is 3.23. The third-order valence-electron chi connectivity index (χ3n) is 11.4. The van der Waals surface area contributed by atoms with Gasteiger partial charge in [0.15, 0.2) is 6.10 Å². The van der Waals surface area contributed by atoms with Gasteiger partial charge < -0.3 is 14.2 Å². The Morgan fingerprint density at radius 2 is 0.559 bits per heavy atom. The molecule has 59 heavy (non-hydrogen) atoms. The fourth-order valence-corrected chi connectivity index (χ4v) is 7.49. The molecule has 0 aromatic rings. The molecule has 0 amide bonds. The summed E-state index contributed by atoms with van der Waals surface area (Å²) in [6.07, 6.45) is 54.4. The van der Waals surface area contributed by atoms with Crippen molar-refractivity contribution in [3.8, 4) is 0 Å². The number of carbonyl (C=O) groups excluding carboxylic acids is 3. The molecule has 0 saturated heterocycles. The maximum absolute atomic E-state index is 12.8. The van der Waals surface area contributed by atoms with Crippen molar-refractivity contribution >= 4 is 17.9 Å². The summed E-state index contributed by atoms with van der Waals surface area (Å²) in [4.78, 5) is 37.9. The second-order valence-corrected chi connectivity index (χ2v) is 17.4. The minimum absolute atomic E-state index is 0.0737. The SMILES string of the molecule is CCCCCC/C=C\CCCCCCCC(=O)O[C@@H](COC(=O)CCCCCCC/C=C\CCCCCCCCC)COC(=O)CCCCCCCCCCCCCC. The van der Waals surface area contributed by atoms with Gasteiger partial charge in [0.05, 0.1) is 0 Å². The third-order valence-corrected chi connectivity index (χ3v) is 11.4. The van der Waals surface area contributed by atoms with Crippen LogP contribution in [0, 0.1) is 0 Å². The summed E-state index contributed by atoms with van der Waals surface area (Å²) in [7, 11) is 0. The summed E-state index contributed by atoms with van der Waals surface area (Å²) in [5.74, 6) is -0.880. The molecule has 0 rings (SSSR count). The second kappa shape index (κ2) is 48.6. The van der Waals surface area contributed by atoms with Gasteiger partial charge in [-0.3, -0.25) is 14.4 Å². The molecule has 0 radical (unpaired) electrons. The van der Waals surface area contributed by atoms with Crippen molar-refractivity contribution in [1.82, 2.24) is 0 Å². The number of rotatable bonds is 47. The van der Waals surface area contributed by atoms with Gasteiger partial charge >= 0.3 is 17.9 Å². The molecule has 0 aliphatic carbocycles. The predicted octanol–water partition coefficient (Wildman–Crippen LogP) is 16.8. The molecular weight excluding hydrogens is 733 g/mol. The van der Waals surface area contributed by atoms with E-state index in [2.05, 4.69) is 45.1 Å². The monoisotopic (exact) mass is 831 g/mol. The zero-order valence-corrected chi connectivity index (χ0v) is 39.5. The molecule has 6 nitrogen and oxygen atoms in total. The van der Waals surface area contributed by atoms with Crippen molar-refractivity contribution in [3.05, 3.63) is 24.3 Å². The van der Waals surface area contributed by atoms with Crippen LogP contribution in [0.1, 0.15) is 278 Å². The highest BCUT2D eigenvalue weighted by atomic mass is 16.6. The average molecular weight is 831 g/mol. The Hall–Kier alpha value is -2.11. The van der Waals surface area contributed by atoms with Crippen molar-refractivity contribution in [2.24, 2.45) is 0 Å². The Kier molecular flexibility index (Phi) is 46.8. The van der Waals surface area contributed by atoms with E-state index in [1.807, 2.05) is 0 Å². The van der Waals surface area contributed by atoms with Gasteiger partial charge in [0.1, 0.15) is 13.2 Å². The first-order valence-corrected chi connectivity index (χ1v) is 25.8. The zero-order valence-electron chi connectivity index (χ0n) is 39.5. The summed E-state index contributed by atoms with van der Waals surface area (Å²) in [6, 6.07) is 0. The smallest absolute Gasteiger partial charge is 0.306 e. The summed E-state index contributed by atoms with van der Waals surface area (Å²) in [5.41, 5.74) is 0. The molecule has 0 unspecified atom stereocenters. The van der Waals surface area contributed by atoms with Gasteiger partial charge in [-0.1, -0.05) is 212 Å². The maximum Gasteiger partial charge on any atom is 0.306 e. The van der Waals surface area contributed by atoms with Crippen LogP contribution in [0.2, 0.25) is 0 Å². The molecule has 6 heteroatoms. The van der Waals surface area contributed by atoms with Crippen molar-refractivity contribution in [2.45, 2.75) is 284 Å². The van der Waals surface area contributed by atoms with Crippen LogP contribution in [0.4, 0.5) is 0 Å². The summed E-state index contributed by atoms with van der Waals surface area (Å²) in [6.45, 7) is 6.62. The lowest BCUT2D eigenvalue weighted by Gasteiger charge is -2.18. The first kappa shape index (κ1) is 56.9. The van der Waals surface area contributed by atoms with Crippen LogP contribution in [0.3, 0.4) is 0 Å². The highest BCUT2D eigenvalue weighted by Crippen LogP contribution is 2.15. The van der Waals surface area contributed by atoms with E-state index in [1.54, 1.807) is 0 Å². The lowest BCUT2D eigenvalue weighted by molar-refractivity contribution is -0.167. The standard InChI is InChI=1S/C53H98O6/c1-4-7-10-13-16-19-22-25-26-27-29-31-34-37-40-43-46-52(55)58-49-50(48-57-51(54)45-42-39-36-33-30-24-21-18-15-12-9-6-3)59-53(56)47-44-41-38-35-32-28-23-20-17-14-11-8-5-2/h20,23,26-27,50H,4-19,21-22,24-25,28-49H2,1-3H3/b23-20-,27-26-/t50-/m1/s1. The normalized spacial score (nSPS) is 12.1. The van der Waals surface area contributed by atoms with Crippen molar-refractivity contribution in [1.29, 1.82) is 0 Å². The third kappa shape index (κ3) is 46.8. The number of esters is 3. The van der Waals surface area contributed by atoms with E-state index in [1.165, 1.54) is 167 Å². The Bertz CT molecular complexity index is 958. The molecule has 0 aromatic heterocycles. The van der Waals surface area contributed by atoms with Crippen molar-refractivity contribution < 1.29 is 28.6 Å². The van der Waals surface area contributed by atoms with Gasteiger partial charge in [-0.2, -0.15) is 0 Å². The maximum atomic E-state index is 12.8. The van der Waals surface area contributed by atoms with Crippen molar-refractivity contribution in [2.75, 3.05) is 13.2 Å². The highest BCUT2D eigenvalue weighted by molar-refractivity contribution is 5.71. The van der Waals surface area contributed by atoms with Gasteiger partial charge in [0, 0.05) is 19.3 Å². The fourth-order valence-electron chi connectivity index (χ4n) is 7.49. The van der Waals surface area contributed by atoms with Gasteiger partial charge in [0.2, 0.25) is 0 Å². The number of allylic oxidation sites excluding steroid dienone is 4. The van der Waals surface area contributed by atoms with Crippen LogP contribution in [0.25, 0.3) is 0 Å². The molecule has 0 saturated carbocycles. The molecule has 0 aliphatic rings. The fraction of sp³-hybridized carbons (Fsp3) is 0.868. The Morgan fingerprint density at radius 1 is 0.322 bits per heavy atom. The van der Waals surface area contributed by atoms with Gasteiger partial charge in [0.25, 0.3) is 0 Å². The van der Waals surface area contributed by atoms with Crippen LogP contribution in [-0.4, -0.2) is 37.2 Å². The largest absolute Gasteiger partial charge is 0.462 e. The highest BCUT2D eigenvalue weighted by Gasteiger charge is 2.19. The lowest BCUT2D eigenvalue weighted by Crippen LogP contribution is -2.30. The number of carbonyl (C=O) groups is 3. The molecule has 1 atom stereocenters. The van der Waals surface area contributed by atoms with E-state index in [-0.39, 0.29) is 31.1 Å². The summed E-state index contributed by atoms with van der Waals surface area (Å²) >= 11 is 0. The summed E-state index contributed by atoms with van der Waals surface area (Å²) < 4.78 is 16.8. The molecule has 0 N–H and O–H groups in total. The Balaban J connectivity index is 4.35. The van der Waals surface area contributed by atoms with Crippen molar-refractivity contribution in [3.63, 3.8) is 0 Å². The Labute approximate surface area is 366 Å². The van der Waals surface area contributed by atoms with Gasteiger partial charge in [-0.15, -0.1) is 0 Å².